The Morgan fingerprint density at radius 2 is 1.85 bits per heavy atom. The van der Waals surface area contributed by atoms with Crippen molar-refractivity contribution in [1.82, 2.24) is 5.32 Å². The van der Waals surface area contributed by atoms with Crippen LogP contribution in [0.5, 0.6) is 0 Å². The average molecular weight is 283 g/mol. The molecule has 0 aromatic heterocycles. The molecular weight excluding hydrogens is 250 g/mol. The molecule has 2 heterocycles. The minimum absolute atomic E-state index is 0.0349. The summed E-state index contributed by atoms with van der Waals surface area (Å²) < 4.78 is 12.6. The molecule has 3 nitrogen and oxygen atoms in total. The smallest absolute Gasteiger partial charge is 0.0810 e. The summed E-state index contributed by atoms with van der Waals surface area (Å²) >= 11 is 0. The molecule has 0 spiro atoms. The molecule has 2 rings (SSSR count). The molecule has 0 aliphatic carbocycles. The number of hydrogen-bond acceptors (Lipinski definition) is 3. The summed E-state index contributed by atoms with van der Waals surface area (Å²) in [5, 5.41) is 3.72. The lowest BCUT2D eigenvalue weighted by Gasteiger charge is -2.46. The maximum absolute atomic E-state index is 6.32. The van der Waals surface area contributed by atoms with Crippen LogP contribution in [0.25, 0.3) is 0 Å². The van der Waals surface area contributed by atoms with Gasteiger partial charge in [0.25, 0.3) is 0 Å². The molecule has 2 aliphatic rings. The Hall–Kier alpha value is -0.120. The van der Waals surface area contributed by atoms with Crippen molar-refractivity contribution in [3.8, 4) is 0 Å². The van der Waals surface area contributed by atoms with E-state index in [2.05, 4.69) is 46.9 Å². The zero-order valence-corrected chi connectivity index (χ0v) is 14.2. The van der Waals surface area contributed by atoms with Gasteiger partial charge >= 0.3 is 0 Å². The standard InChI is InChI=1S/C17H33NO2/c1-7-18-14(17(6)10-8-9-11-19-17)13-12-15(2,3)20-16(13,4)5/h13-14,18H,7-12H2,1-6H3. The first-order valence-electron chi connectivity index (χ1n) is 8.28. The topological polar surface area (TPSA) is 30.5 Å². The molecule has 3 atom stereocenters. The van der Waals surface area contributed by atoms with E-state index < -0.39 is 0 Å². The Balaban J connectivity index is 2.24. The lowest BCUT2D eigenvalue weighted by Crippen LogP contribution is -2.59. The second-order valence-electron chi connectivity index (χ2n) is 7.93. The maximum atomic E-state index is 6.32. The van der Waals surface area contributed by atoms with Gasteiger partial charge in [0.2, 0.25) is 0 Å². The van der Waals surface area contributed by atoms with Crippen LogP contribution >= 0.6 is 0 Å². The molecule has 0 radical (unpaired) electrons. The fourth-order valence-electron chi connectivity index (χ4n) is 4.33. The third-order valence-electron chi connectivity index (χ3n) is 5.13. The number of ether oxygens (including phenoxy) is 2. The largest absolute Gasteiger partial charge is 0.374 e. The molecule has 20 heavy (non-hydrogen) atoms. The molecule has 0 aromatic rings. The van der Waals surface area contributed by atoms with Crippen molar-refractivity contribution in [1.29, 1.82) is 0 Å². The first kappa shape index (κ1) is 16.3. The van der Waals surface area contributed by atoms with Gasteiger partial charge in [-0.3, -0.25) is 0 Å². The van der Waals surface area contributed by atoms with Gasteiger partial charge in [-0.1, -0.05) is 6.92 Å². The predicted molar refractivity (Wildman–Crippen MR) is 83.0 cm³/mol. The highest BCUT2D eigenvalue weighted by atomic mass is 16.5. The highest BCUT2D eigenvalue weighted by Gasteiger charge is 2.53. The second kappa shape index (κ2) is 5.58. The van der Waals surface area contributed by atoms with E-state index in [4.69, 9.17) is 9.47 Å². The van der Waals surface area contributed by atoms with Crippen molar-refractivity contribution in [3.63, 3.8) is 0 Å². The lowest BCUT2D eigenvalue weighted by molar-refractivity contribution is -0.123. The van der Waals surface area contributed by atoms with Gasteiger partial charge in [-0.25, -0.2) is 0 Å². The van der Waals surface area contributed by atoms with Crippen LogP contribution in [0.15, 0.2) is 0 Å². The monoisotopic (exact) mass is 283 g/mol. The van der Waals surface area contributed by atoms with E-state index in [0.29, 0.717) is 12.0 Å². The highest BCUT2D eigenvalue weighted by Crippen LogP contribution is 2.47. The fraction of sp³-hybridized carbons (Fsp3) is 1.00. The van der Waals surface area contributed by atoms with Gasteiger partial charge in [-0.05, 0) is 66.8 Å². The van der Waals surface area contributed by atoms with Gasteiger partial charge in [-0.15, -0.1) is 0 Å². The molecule has 2 aliphatic heterocycles. The van der Waals surface area contributed by atoms with Crippen LogP contribution in [-0.4, -0.2) is 36.0 Å². The van der Waals surface area contributed by atoms with Gasteiger partial charge in [0.05, 0.1) is 16.8 Å². The molecule has 3 heteroatoms. The summed E-state index contributed by atoms with van der Waals surface area (Å²) in [5.41, 5.74) is -0.188. The van der Waals surface area contributed by atoms with Crippen LogP contribution in [0, 0.1) is 5.92 Å². The minimum Gasteiger partial charge on any atom is -0.374 e. The molecule has 0 bridgehead atoms. The molecule has 2 fully saturated rings. The Bertz CT molecular complexity index is 332. The van der Waals surface area contributed by atoms with Gasteiger partial charge in [0, 0.05) is 18.6 Å². The molecule has 1 N–H and O–H groups in total. The van der Waals surface area contributed by atoms with E-state index in [1.165, 1.54) is 12.8 Å². The van der Waals surface area contributed by atoms with Crippen LogP contribution in [-0.2, 0) is 9.47 Å². The van der Waals surface area contributed by atoms with Gasteiger partial charge in [0.1, 0.15) is 0 Å². The normalized spacial score (nSPS) is 37.8. The summed E-state index contributed by atoms with van der Waals surface area (Å²) in [6.45, 7) is 15.3. The van der Waals surface area contributed by atoms with Gasteiger partial charge < -0.3 is 14.8 Å². The van der Waals surface area contributed by atoms with Crippen molar-refractivity contribution in [2.75, 3.05) is 13.2 Å². The number of nitrogens with one attached hydrogen (secondary N) is 1. The third kappa shape index (κ3) is 3.20. The van der Waals surface area contributed by atoms with Gasteiger partial charge in [-0.2, -0.15) is 0 Å². The zero-order chi connectivity index (χ0) is 15.0. The van der Waals surface area contributed by atoms with Crippen molar-refractivity contribution in [2.45, 2.75) is 90.1 Å². The van der Waals surface area contributed by atoms with E-state index in [1.807, 2.05) is 0 Å². The SMILES string of the molecule is CCNC(C1CC(C)(C)OC1(C)C)C1(C)CCCCO1. The Morgan fingerprint density at radius 3 is 2.30 bits per heavy atom. The van der Waals surface area contributed by atoms with Crippen LogP contribution in [0.4, 0.5) is 0 Å². The number of likely N-dealkylation sites (N-methyl/N-ethyl adjacent to an activating group) is 1. The molecular formula is C17H33NO2. The summed E-state index contributed by atoms with van der Waals surface area (Å²) in [4.78, 5) is 0. The van der Waals surface area contributed by atoms with Crippen LogP contribution in [0.3, 0.4) is 0 Å². The fourth-order valence-corrected chi connectivity index (χ4v) is 4.33. The first-order valence-corrected chi connectivity index (χ1v) is 8.28. The molecule has 0 saturated carbocycles. The van der Waals surface area contributed by atoms with Crippen molar-refractivity contribution < 1.29 is 9.47 Å². The first-order chi connectivity index (χ1) is 9.20. The van der Waals surface area contributed by atoms with E-state index in [9.17, 15) is 0 Å². The van der Waals surface area contributed by atoms with Crippen molar-refractivity contribution in [2.24, 2.45) is 5.92 Å². The van der Waals surface area contributed by atoms with Crippen molar-refractivity contribution in [3.05, 3.63) is 0 Å². The molecule has 2 saturated heterocycles. The van der Waals surface area contributed by atoms with E-state index in [0.717, 1.165) is 26.0 Å². The summed E-state index contributed by atoms with van der Waals surface area (Å²) in [6, 6.07) is 0.365. The van der Waals surface area contributed by atoms with Crippen molar-refractivity contribution >= 4 is 0 Å². The van der Waals surface area contributed by atoms with Crippen LogP contribution in [0.2, 0.25) is 0 Å². The minimum atomic E-state index is -0.0971. The number of rotatable bonds is 4. The van der Waals surface area contributed by atoms with Crippen LogP contribution in [0.1, 0.15) is 67.2 Å². The van der Waals surface area contributed by atoms with E-state index in [-0.39, 0.29) is 16.8 Å². The molecule has 0 amide bonds. The van der Waals surface area contributed by atoms with Gasteiger partial charge in [0.15, 0.2) is 0 Å². The van der Waals surface area contributed by atoms with E-state index >= 15 is 0 Å². The summed E-state index contributed by atoms with van der Waals surface area (Å²) in [6.07, 6.45) is 4.72. The Morgan fingerprint density at radius 1 is 1.15 bits per heavy atom. The Kier molecular flexibility index (Phi) is 4.54. The number of hydrogen-bond donors (Lipinski definition) is 1. The van der Waals surface area contributed by atoms with E-state index in [1.54, 1.807) is 0 Å². The second-order valence-corrected chi connectivity index (χ2v) is 7.93. The Labute approximate surface area is 124 Å². The third-order valence-corrected chi connectivity index (χ3v) is 5.13. The predicted octanol–water partition coefficient (Wildman–Crippen LogP) is 3.52. The summed E-state index contributed by atoms with van der Waals surface area (Å²) in [7, 11) is 0. The average Bonchev–Trinajstić information content (AvgIpc) is 2.55. The zero-order valence-electron chi connectivity index (χ0n) is 14.2. The van der Waals surface area contributed by atoms with Crippen LogP contribution < -0.4 is 5.32 Å². The summed E-state index contributed by atoms with van der Waals surface area (Å²) in [5.74, 6) is 0.487. The lowest BCUT2D eigenvalue weighted by atomic mass is 9.73. The molecule has 3 unspecified atom stereocenters. The maximum Gasteiger partial charge on any atom is 0.0810 e. The molecule has 0 aromatic carbocycles. The quantitative estimate of drug-likeness (QED) is 0.856. The highest BCUT2D eigenvalue weighted by molar-refractivity contribution is 5.06. The molecule has 118 valence electrons.